The molecule has 5 nitrogen and oxygen atoms in total. The minimum atomic E-state index is -0.424. The van der Waals surface area contributed by atoms with Gasteiger partial charge in [-0.15, -0.1) is 0 Å². The van der Waals surface area contributed by atoms with Crippen molar-refractivity contribution in [3.8, 4) is 0 Å². The van der Waals surface area contributed by atoms with Crippen LogP contribution in [0.15, 0.2) is 0 Å². The number of hydrogen-bond acceptors (Lipinski definition) is 5. The van der Waals surface area contributed by atoms with E-state index in [1.54, 1.807) is 0 Å². The number of hydrogen-bond donors (Lipinski definition) is 0. The van der Waals surface area contributed by atoms with Gasteiger partial charge in [0.15, 0.2) is 0 Å². The van der Waals surface area contributed by atoms with Crippen molar-refractivity contribution >= 4 is 11.9 Å². The van der Waals surface area contributed by atoms with Crippen molar-refractivity contribution in [3.05, 3.63) is 0 Å². The summed E-state index contributed by atoms with van der Waals surface area (Å²) in [5.41, 5.74) is 0. The summed E-state index contributed by atoms with van der Waals surface area (Å²) in [7, 11) is 0. The number of ether oxygens (including phenoxy) is 3. The van der Waals surface area contributed by atoms with Crippen molar-refractivity contribution in [2.75, 3.05) is 19.8 Å². The van der Waals surface area contributed by atoms with Gasteiger partial charge in [0.1, 0.15) is 13.2 Å². The van der Waals surface area contributed by atoms with Crippen LogP contribution in [-0.4, -0.2) is 37.9 Å². The smallest absolute Gasteiger partial charge is 0.332 e. The van der Waals surface area contributed by atoms with E-state index in [4.69, 9.17) is 14.2 Å². The van der Waals surface area contributed by atoms with Crippen LogP contribution in [0.2, 0.25) is 0 Å². The third kappa shape index (κ3) is 17.5. The average Bonchev–Trinajstić information content (AvgIpc) is 2.58. The summed E-state index contributed by atoms with van der Waals surface area (Å²) in [6.07, 6.45) is 12.3. The molecule has 1 unspecified atom stereocenters. The van der Waals surface area contributed by atoms with Crippen molar-refractivity contribution in [3.63, 3.8) is 0 Å². The van der Waals surface area contributed by atoms with Crippen molar-refractivity contribution in [1.82, 2.24) is 0 Å². The molecule has 5 heteroatoms. The van der Waals surface area contributed by atoms with Crippen LogP contribution in [0.5, 0.6) is 0 Å². The molecule has 25 heavy (non-hydrogen) atoms. The van der Waals surface area contributed by atoms with E-state index >= 15 is 0 Å². The molecule has 0 rings (SSSR count). The number of carbonyl (C=O) groups is 2. The topological polar surface area (TPSA) is 61.8 Å². The van der Waals surface area contributed by atoms with Crippen LogP contribution < -0.4 is 0 Å². The first-order chi connectivity index (χ1) is 12.1. The Morgan fingerprint density at radius 1 is 0.760 bits per heavy atom. The van der Waals surface area contributed by atoms with Crippen LogP contribution >= 0.6 is 0 Å². The molecule has 0 aliphatic carbocycles. The summed E-state index contributed by atoms with van der Waals surface area (Å²) in [5.74, 6) is -0.847. The molecular weight excluding hydrogens is 320 g/mol. The maximum Gasteiger partial charge on any atom is 0.332 e. The predicted octanol–water partition coefficient (Wildman–Crippen LogP) is 4.81. The molecule has 0 amide bonds. The molecular formula is C20H38O5. The molecule has 0 N–H and O–H groups in total. The quantitative estimate of drug-likeness (QED) is 0.276. The van der Waals surface area contributed by atoms with Gasteiger partial charge in [0, 0.05) is 0 Å². The number of carbonyl (C=O) groups excluding carboxylic acids is 2. The van der Waals surface area contributed by atoms with E-state index in [0.29, 0.717) is 6.61 Å². The summed E-state index contributed by atoms with van der Waals surface area (Å²) in [4.78, 5) is 23.1. The minimum Gasteiger partial charge on any atom is -0.464 e. The molecule has 0 aromatic heterocycles. The van der Waals surface area contributed by atoms with Gasteiger partial charge in [-0.25, -0.2) is 9.59 Å². The van der Waals surface area contributed by atoms with Crippen LogP contribution in [0.4, 0.5) is 0 Å². The summed E-state index contributed by atoms with van der Waals surface area (Å²) >= 11 is 0. The number of unbranched alkanes of at least 4 members (excludes halogenated alkanes) is 8. The van der Waals surface area contributed by atoms with Crippen LogP contribution in [0, 0.1) is 0 Å². The monoisotopic (exact) mass is 358 g/mol. The predicted molar refractivity (Wildman–Crippen MR) is 99.5 cm³/mol. The van der Waals surface area contributed by atoms with Gasteiger partial charge in [0.25, 0.3) is 0 Å². The van der Waals surface area contributed by atoms with E-state index in [-0.39, 0.29) is 19.3 Å². The highest BCUT2D eigenvalue weighted by molar-refractivity contribution is 5.73. The zero-order valence-corrected chi connectivity index (χ0v) is 16.5. The summed E-state index contributed by atoms with van der Waals surface area (Å²) in [6, 6.07) is 0. The maximum atomic E-state index is 11.6. The molecule has 0 aromatic carbocycles. The standard InChI is InChI=1S/C20H38O5/c1-4-6-8-10-11-13-15-24-19(21)16-23-17-20(22)25-18(3)14-12-9-7-5-2/h18H,4-17H2,1-3H3. The average molecular weight is 359 g/mol. The molecule has 0 radical (unpaired) electrons. The third-order valence-electron chi connectivity index (χ3n) is 4.00. The SMILES string of the molecule is CCCCCCCCOC(=O)COCC(=O)OC(C)CCCCCC. The van der Waals surface area contributed by atoms with E-state index in [1.807, 2.05) is 6.92 Å². The lowest BCUT2D eigenvalue weighted by Gasteiger charge is -2.13. The molecule has 0 bridgehead atoms. The second-order valence-electron chi connectivity index (χ2n) is 6.63. The fourth-order valence-corrected chi connectivity index (χ4v) is 2.50. The van der Waals surface area contributed by atoms with Crippen molar-refractivity contribution in [1.29, 1.82) is 0 Å². The fourth-order valence-electron chi connectivity index (χ4n) is 2.50. The lowest BCUT2D eigenvalue weighted by Crippen LogP contribution is -2.22. The lowest BCUT2D eigenvalue weighted by molar-refractivity contribution is -0.158. The Morgan fingerprint density at radius 2 is 1.32 bits per heavy atom. The maximum absolute atomic E-state index is 11.6. The molecule has 0 saturated carbocycles. The highest BCUT2D eigenvalue weighted by Gasteiger charge is 2.11. The Kier molecular flexibility index (Phi) is 16.9. The number of rotatable bonds is 17. The molecule has 0 heterocycles. The first-order valence-corrected chi connectivity index (χ1v) is 10.0. The summed E-state index contributed by atoms with van der Waals surface area (Å²) in [5, 5.41) is 0. The Hall–Kier alpha value is -1.10. The van der Waals surface area contributed by atoms with Gasteiger partial charge in [-0.1, -0.05) is 65.2 Å². The highest BCUT2D eigenvalue weighted by Crippen LogP contribution is 2.08. The zero-order valence-electron chi connectivity index (χ0n) is 16.5. The normalized spacial score (nSPS) is 12.0. The van der Waals surface area contributed by atoms with Crippen LogP contribution in [-0.2, 0) is 23.8 Å². The van der Waals surface area contributed by atoms with E-state index in [0.717, 1.165) is 25.7 Å². The molecule has 0 saturated heterocycles. The third-order valence-corrected chi connectivity index (χ3v) is 4.00. The van der Waals surface area contributed by atoms with Crippen LogP contribution in [0.25, 0.3) is 0 Å². The van der Waals surface area contributed by atoms with E-state index in [9.17, 15) is 9.59 Å². The van der Waals surface area contributed by atoms with Crippen LogP contribution in [0.1, 0.15) is 91.4 Å². The second kappa shape index (κ2) is 17.7. The van der Waals surface area contributed by atoms with Crippen LogP contribution in [0.3, 0.4) is 0 Å². The Labute approximate surface area is 153 Å². The first-order valence-electron chi connectivity index (χ1n) is 10.0. The Balaban J connectivity index is 3.48. The molecule has 0 fully saturated rings. The molecule has 148 valence electrons. The second-order valence-corrected chi connectivity index (χ2v) is 6.63. The minimum absolute atomic E-state index is 0.104. The van der Waals surface area contributed by atoms with Crippen molar-refractivity contribution in [2.24, 2.45) is 0 Å². The van der Waals surface area contributed by atoms with Crippen molar-refractivity contribution < 1.29 is 23.8 Å². The summed E-state index contributed by atoms with van der Waals surface area (Å²) < 4.78 is 15.4. The van der Waals surface area contributed by atoms with Gasteiger partial charge >= 0.3 is 11.9 Å². The van der Waals surface area contributed by atoms with Gasteiger partial charge in [-0.05, 0) is 26.2 Å². The van der Waals surface area contributed by atoms with Gasteiger partial charge in [-0.2, -0.15) is 0 Å². The Morgan fingerprint density at radius 3 is 2.00 bits per heavy atom. The zero-order chi connectivity index (χ0) is 18.8. The van der Waals surface area contributed by atoms with Gasteiger partial charge in [0.2, 0.25) is 0 Å². The van der Waals surface area contributed by atoms with E-state index in [2.05, 4.69) is 13.8 Å². The lowest BCUT2D eigenvalue weighted by atomic mass is 10.1. The van der Waals surface area contributed by atoms with E-state index < -0.39 is 11.9 Å². The summed E-state index contributed by atoms with van der Waals surface area (Å²) in [6.45, 7) is 6.26. The highest BCUT2D eigenvalue weighted by atomic mass is 16.6. The molecule has 0 aliphatic heterocycles. The van der Waals surface area contributed by atoms with Gasteiger partial charge < -0.3 is 14.2 Å². The Bertz CT molecular complexity index is 330. The largest absolute Gasteiger partial charge is 0.464 e. The molecule has 0 aliphatic rings. The van der Waals surface area contributed by atoms with Gasteiger partial charge in [-0.3, -0.25) is 0 Å². The number of esters is 2. The van der Waals surface area contributed by atoms with Gasteiger partial charge in [0.05, 0.1) is 12.7 Å². The van der Waals surface area contributed by atoms with E-state index in [1.165, 1.54) is 44.9 Å². The molecule has 1 atom stereocenters. The fraction of sp³-hybridized carbons (Fsp3) is 0.900. The first kappa shape index (κ1) is 23.9. The molecule has 0 aromatic rings. The molecule has 0 spiro atoms. The van der Waals surface area contributed by atoms with Crippen molar-refractivity contribution in [2.45, 2.75) is 97.5 Å².